The lowest BCUT2D eigenvalue weighted by atomic mass is 10.2. The van der Waals surface area contributed by atoms with Crippen molar-refractivity contribution in [2.75, 3.05) is 13.1 Å². The minimum absolute atomic E-state index is 0.0414. The molecule has 0 bridgehead atoms. The Labute approximate surface area is 138 Å². The molecular formula is C17H28N4O2. The molecule has 1 saturated carbocycles. The lowest BCUT2D eigenvalue weighted by molar-refractivity contribution is -0.121. The Kier molecular flexibility index (Phi) is 6.50. The second-order valence-electron chi connectivity index (χ2n) is 6.02. The number of aryl methyl sites for hydroxylation is 1. The van der Waals surface area contributed by atoms with Crippen LogP contribution in [0.2, 0.25) is 0 Å². The Morgan fingerprint density at radius 2 is 2.22 bits per heavy atom. The molecule has 6 nitrogen and oxygen atoms in total. The first-order valence-electron chi connectivity index (χ1n) is 8.49. The minimum Gasteiger partial charge on any atom is -0.464 e. The summed E-state index contributed by atoms with van der Waals surface area (Å²) in [5.74, 6) is 2.67. The maximum absolute atomic E-state index is 11.6. The number of nitrogens with one attached hydrogen (secondary N) is 3. The number of amides is 1. The highest BCUT2D eigenvalue weighted by Gasteiger charge is 2.22. The van der Waals surface area contributed by atoms with Crippen molar-refractivity contribution < 1.29 is 9.21 Å². The van der Waals surface area contributed by atoms with Gasteiger partial charge in [-0.25, -0.2) is 0 Å². The van der Waals surface area contributed by atoms with Gasteiger partial charge in [0.2, 0.25) is 5.91 Å². The molecular weight excluding hydrogens is 292 g/mol. The van der Waals surface area contributed by atoms with Crippen molar-refractivity contribution in [2.24, 2.45) is 4.99 Å². The van der Waals surface area contributed by atoms with E-state index in [1.165, 1.54) is 0 Å². The number of rotatable bonds is 8. The number of hydrogen-bond acceptors (Lipinski definition) is 3. The summed E-state index contributed by atoms with van der Waals surface area (Å²) in [5, 5.41) is 9.53. The van der Waals surface area contributed by atoms with Gasteiger partial charge in [-0.1, -0.05) is 0 Å². The molecule has 0 aliphatic heterocycles. The van der Waals surface area contributed by atoms with Crippen LogP contribution in [0.25, 0.3) is 0 Å². The molecule has 23 heavy (non-hydrogen) atoms. The molecule has 0 spiro atoms. The van der Waals surface area contributed by atoms with Crippen molar-refractivity contribution in [3.63, 3.8) is 0 Å². The number of aliphatic imine (C=N–C) groups is 1. The number of nitrogens with zero attached hydrogens (tertiary/aromatic N) is 1. The van der Waals surface area contributed by atoms with Gasteiger partial charge in [0.1, 0.15) is 11.5 Å². The van der Waals surface area contributed by atoms with Crippen molar-refractivity contribution in [2.45, 2.75) is 58.5 Å². The fourth-order valence-corrected chi connectivity index (χ4v) is 2.24. The molecule has 1 aromatic rings. The van der Waals surface area contributed by atoms with Crippen LogP contribution in [-0.2, 0) is 4.79 Å². The van der Waals surface area contributed by atoms with Gasteiger partial charge in [0, 0.05) is 25.6 Å². The Balaban J connectivity index is 1.75. The predicted octanol–water partition coefficient (Wildman–Crippen LogP) is 2.26. The number of furan rings is 1. The van der Waals surface area contributed by atoms with Gasteiger partial charge in [-0.15, -0.1) is 0 Å². The third-order valence-electron chi connectivity index (χ3n) is 3.66. The van der Waals surface area contributed by atoms with Crippen LogP contribution in [0.5, 0.6) is 0 Å². The molecule has 0 radical (unpaired) electrons. The summed E-state index contributed by atoms with van der Waals surface area (Å²) < 4.78 is 5.63. The summed E-state index contributed by atoms with van der Waals surface area (Å²) in [6.07, 6.45) is 3.54. The van der Waals surface area contributed by atoms with E-state index in [1.807, 2.05) is 32.9 Å². The molecule has 1 fully saturated rings. The molecule has 1 atom stereocenters. The standard InChI is InChI=1S/C17H28N4O2/c1-4-18-17(20-13(3)15-10-7-12(2)23-15)19-11-5-6-16(22)21-14-8-9-14/h7,10,13-14H,4-6,8-9,11H2,1-3H3,(H,21,22)(H2,18,19,20). The topological polar surface area (TPSA) is 78.7 Å². The lowest BCUT2D eigenvalue weighted by Gasteiger charge is -2.16. The zero-order chi connectivity index (χ0) is 16.7. The highest BCUT2D eigenvalue weighted by molar-refractivity contribution is 5.80. The first kappa shape index (κ1) is 17.4. The molecule has 0 saturated heterocycles. The Morgan fingerprint density at radius 3 is 2.83 bits per heavy atom. The summed E-state index contributed by atoms with van der Waals surface area (Å²) >= 11 is 0. The second kappa shape index (κ2) is 8.60. The predicted molar refractivity (Wildman–Crippen MR) is 91.4 cm³/mol. The Morgan fingerprint density at radius 1 is 1.43 bits per heavy atom. The van der Waals surface area contributed by atoms with Gasteiger partial charge in [0.15, 0.2) is 5.96 Å². The zero-order valence-electron chi connectivity index (χ0n) is 14.3. The van der Waals surface area contributed by atoms with Crippen LogP contribution in [-0.4, -0.2) is 31.0 Å². The normalized spacial score (nSPS) is 16.0. The molecule has 1 heterocycles. The van der Waals surface area contributed by atoms with E-state index in [2.05, 4.69) is 20.9 Å². The number of carbonyl (C=O) groups is 1. The summed E-state index contributed by atoms with van der Waals surface area (Å²) in [6, 6.07) is 4.40. The largest absolute Gasteiger partial charge is 0.464 e. The van der Waals surface area contributed by atoms with Crippen LogP contribution in [0.15, 0.2) is 21.5 Å². The molecule has 1 aliphatic carbocycles. The van der Waals surface area contributed by atoms with E-state index in [0.717, 1.165) is 43.3 Å². The minimum atomic E-state index is 0.0414. The van der Waals surface area contributed by atoms with Crippen molar-refractivity contribution in [1.82, 2.24) is 16.0 Å². The SMILES string of the molecule is CCNC(=NCCCC(=O)NC1CC1)NC(C)c1ccc(C)o1. The highest BCUT2D eigenvalue weighted by atomic mass is 16.3. The summed E-state index contributed by atoms with van der Waals surface area (Å²) in [4.78, 5) is 16.2. The van der Waals surface area contributed by atoms with E-state index < -0.39 is 0 Å². The van der Waals surface area contributed by atoms with Gasteiger partial charge in [0.25, 0.3) is 0 Å². The van der Waals surface area contributed by atoms with Gasteiger partial charge >= 0.3 is 0 Å². The van der Waals surface area contributed by atoms with Crippen molar-refractivity contribution in [1.29, 1.82) is 0 Å². The van der Waals surface area contributed by atoms with Crippen molar-refractivity contribution in [3.8, 4) is 0 Å². The van der Waals surface area contributed by atoms with Crippen molar-refractivity contribution in [3.05, 3.63) is 23.7 Å². The van der Waals surface area contributed by atoms with E-state index in [9.17, 15) is 4.79 Å². The van der Waals surface area contributed by atoms with Crippen molar-refractivity contribution >= 4 is 11.9 Å². The molecule has 1 amide bonds. The third kappa shape index (κ3) is 6.34. The Bertz CT molecular complexity index is 534. The molecule has 2 rings (SSSR count). The van der Waals surface area contributed by atoms with E-state index in [4.69, 9.17) is 4.42 Å². The van der Waals surface area contributed by atoms with E-state index in [-0.39, 0.29) is 11.9 Å². The fourth-order valence-electron chi connectivity index (χ4n) is 2.24. The molecule has 1 aliphatic rings. The first-order valence-corrected chi connectivity index (χ1v) is 8.49. The van der Waals surface area contributed by atoms with Crippen LogP contribution in [0.4, 0.5) is 0 Å². The van der Waals surface area contributed by atoms with E-state index in [1.54, 1.807) is 0 Å². The molecule has 3 N–H and O–H groups in total. The third-order valence-corrected chi connectivity index (χ3v) is 3.66. The van der Waals surface area contributed by atoms with Gasteiger partial charge in [0.05, 0.1) is 6.04 Å². The summed E-state index contributed by atoms with van der Waals surface area (Å²) in [6.45, 7) is 7.41. The van der Waals surface area contributed by atoms with Crippen LogP contribution < -0.4 is 16.0 Å². The molecule has 0 aromatic carbocycles. The maximum Gasteiger partial charge on any atom is 0.220 e. The van der Waals surface area contributed by atoms with Gasteiger partial charge in [-0.2, -0.15) is 0 Å². The van der Waals surface area contributed by atoms with Crippen LogP contribution in [0.1, 0.15) is 57.1 Å². The summed E-state index contributed by atoms with van der Waals surface area (Å²) in [7, 11) is 0. The lowest BCUT2D eigenvalue weighted by Crippen LogP contribution is -2.38. The van der Waals surface area contributed by atoms with Crippen LogP contribution >= 0.6 is 0 Å². The average molecular weight is 320 g/mol. The number of hydrogen-bond donors (Lipinski definition) is 3. The monoisotopic (exact) mass is 320 g/mol. The molecule has 6 heteroatoms. The fraction of sp³-hybridized carbons (Fsp3) is 0.647. The molecule has 1 aromatic heterocycles. The highest BCUT2D eigenvalue weighted by Crippen LogP contribution is 2.18. The van der Waals surface area contributed by atoms with Gasteiger partial charge in [-0.3, -0.25) is 9.79 Å². The van der Waals surface area contributed by atoms with Gasteiger partial charge < -0.3 is 20.4 Å². The van der Waals surface area contributed by atoms with E-state index in [0.29, 0.717) is 19.0 Å². The smallest absolute Gasteiger partial charge is 0.220 e. The molecule has 128 valence electrons. The average Bonchev–Trinajstić information content (AvgIpc) is 3.21. The van der Waals surface area contributed by atoms with Crippen LogP contribution in [0.3, 0.4) is 0 Å². The number of carbonyl (C=O) groups excluding carboxylic acids is 1. The number of guanidine groups is 1. The Hall–Kier alpha value is -1.98. The van der Waals surface area contributed by atoms with Crippen LogP contribution in [0, 0.1) is 6.92 Å². The quantitative estimate of drug-likeness (QED) is 0.390. The van der Waals surface area contributed by atoms with E-state index >= 15 is 0 Å². The van der Waals surface area contributed by atoms with Gasteiger partial charge in [-0.05, 0) is 52.2 Å². The molecule has 1 unspecified atom stereocenters. The maximum atomic E-state index is 11.6. The zero-order valence-corrected chi connectivity index (χ0v) is 14.3. The first-order chi connectivity index (χ1) is 11.1. The summed E-state index contributed by atoms with van der Waals surface area (Å²) in [5.41, 5.74) is 0. The second-order valence-corrected chi connectivity index (χ2v) is 6.02.